The number of nitrogens with zero attached hydrogens (tertiary/aromatic N) is 3. The van der Waals surface area contributed by atoms with Crippen LogP contribution in [-0.2, 0) is 16.1 Å². The molecule has 0 bridgehead atoms. The number of rotatable bonds is 6. The van der Waals surface area contributed by atoms with E-state index in [-0.39, 0.29) is 6.10 Å². The van der Waals surface area contributed by atoms with Gasteiger partial charge >= 0.3 is 0 Å². The SMILES string of the molecule is C=CCOC1CCN(c2cc(C)nc(COC)n2)C1. The van der Waals surface area contributed by atoms with Gasteiger partial charge in [-0.05, 0) is 13.3 Å². The van der Waals surface area contributed by atoms with Crippen molar-refractivity contribution < 1.29 is 9.47 Å². The van der Waals surface area contributed by atoms with Crippen molar-refractivity contribution in [1.29, 1.82) is 0 Å². The van der Waals surface area contributed by atoms with Gasteiger partial charge in [-0.25, -0.2) is 9.97 Å². The first kappa shape index (κ1) is 14.0. The van der Waals surface area contributed by atoms with E-state index in [9.17, 15) is 0 Å². The van der Waals surface area contributed by atoms with Gasteiger partial charge in [0.15, 0.2) is 5.82 Å². The lowest BCUT2D eigenvalue weighted by atomic mass is 10.3. The molecule has 1 fully saturated rings. The summed E-state index contributed by atoms with van der Waals surface area (Å²) < 4.78 is 10.8. The fourth-order valence-electron chi connectivity index (χ4n) is 2.24. The topological polar surface area (TPSA) is 47.5 Å². The van der Waals surface area contributed by atoms with Crippen LogP contribution in [0.3, 0.4) is 0 Å². The Morgan fingerprint density at radius 1 is 1.53 bits per heavy atom. The van der Waals surface area contributed by atoms with Gasteiger partial charge in [-0.2, -0.15) is 0 Å². The van der Waals surface area contributed by atoms with Gasteiger partial charge in [-0.15, -0.1) is 6.58 Å². The molecule has 1 aromatic rings. The van der Waals surface area contributed by atoms with Gasteiger partial charge in [0.2, 0.25) is 0 Å². The van der Waals surface area contributed by atoms with Crippen molar-refractivity contribution in [3.05, 3.63) is 30.2 Å². The van der Waals surface area contributed by atoms with Gasteiger partial charge in [0, 0.05) is 32.0 Å². The van der Waals surface area contributed by atoms with Crippen molar-refractivity contribution in [2.24, 2.45) is 0 Å². The highest BCUT2D eigenvalue weighted by atomic mass is 16.5. The summed E-state index contributed by atoms with van der Waals surface area (Å²) in [5.41, 5.74) is 0.965. The van der Waals surface area contributed by atoms with Crippen LogP contribution in [0, 0.1) is 6.92 Å². The summed E-state index contributed by atoms with van der Waals surface area (Å²) in [6, 6.07) is 2.01. The first-order chi connectivity index (χ1) is 9.22. The van der Waals surface area contributed by atoms with Crippen molar-refractivity contribution in [1.82, 2.24) is 9.97 Å². The number of hydrogen-bond acceptors (Lipinski definition) is 5. The Bertz CT molecular complexity index is 437. The third-order valence-electron chi connectivity index (χ3n) is 3.08. The van der Waals surface area contributed by atoms with Crippen molar-refractivity contribution in [2.45, 2.75) is 26.1 Å². The fourth-order valence-corrected chi connectivity index (χ4v) is 2.24. The summed E-state index contributed by atoms with van der Waals surface area (Å²) in [4.78, 5) is 11.1. The Balaban J connectivity index is 2.04. The van der Waals surface area contributed by atoms with E-state index in [0.29, 0.717) is 13.2 Å². The molecular formula is C14H21N3O2. The quantitative estimate of drug-likeness (QED) is 0.731. The maximum Gasteiger partial charge on any atom is 0.156 e. The number of aromatic nitrogens is 2. The molecule has 1 saturated heterocycles. The molecule has 0 N–H and O–H groups in total. The van der Waals surface area contributed by atoms with Crippen LogP contribution in [0.4, 0.5) is 5.82 Å². The predicted molar refractivity (Wildman–Crippen MR) is 74.2 cm³/mol. The second-order valence-electron chi connectivity index (χ2n) is 4.70. The number of aryl methyl sites for hydroxylation is 1. The maximum absolute atomic E-state index is 5.68. The second-order valence-corrected chi connectivity index (χ2v) is 4.70. The van der Waals surface area contributed by atoms with Crippen molar-refractivity contribution in [3.63, 3.8) is 0 Å². The highest BCUT2D eigenvalue weighted by Gasteiger charge is 2.24. The van der Waals surface area contributed by atoms with Crippen LogP contribution in [0.2, 0.25) is 0 Å². The van der Waals surface area contributed by atoms with E-state index in [1.165, 1.54) is 0 Å². The number of methoxy groups -OCH3 is 1. The Labute approximate surface area is 114 Å². The Kier molecular flexibility index (Phi) is 4.87. The standard InChI is InChI=1S/C14H21N3O2/c1-4-7-19-12-5-6-17(9-12)14-8-11(2)15-13(16-14)10-18-3/h4,8,12H,1,5-7,9-10H2,2-3H3. The minimum Gasteiger partial charge on any atom is -0.377 e. The average Bonchev–Trinajstić information content (AvgIpc) is 2.85. The summed E-state index contributed by atoms with van der Waals surface area (Å²) in [7, 11) is 1.65. The molecule has 2 heterocycles. The van der Waals surface area contributed by atoms with Crippen LogP contribution in [0.5, 0.6) is 0 Å². The Morgan fingerprint density at radius 3 is 3.11 bits per heavy atom. The summed E-state index contributed by atoms with van der Waals surface area (Å²) in [5.74, 6) is 1.69. The largest absolute Gasteiger partial charge is 0.377 e. The molecule has 1 aliphatic rings. The van der Waals surface area contributed by atoms with Gasteiger partial charge in [-0.3, -0.25) is 0 Å². The monoisotopic (exact) mass is 263 g/mol. The van der Waals surface area contributed by atoms with Crippen molar-refractivity contribution >= 4 is 5.82 Å². The number of hydrogen-bond donors (Lipinski definition) is 0. The van der Waals surface area contributed by atoms with Crippen LogP contribution < -0.4 is 4.90 Å². The lowest BCUT2D eigenvalue weighted by molar-refractivity contribution is 0.0909. The molecule has 1 unspecified atom stereocenters. The average molecular weight is 263 g/mol. The molecular weight excluding hydrogens is 242 g/mol. The molecule has 5 nitrogen and oxygen atoms in total. The van der Waals surface area contributed by atoms with Gasteiger partial charge in [0.05, 0.1) is 12.7 Å². The van der Waals surface area contributed by atoms with Crippen LogP contribution in [-0.4, -0.2) is 42.9 Å². The summed E-state index contributed by atoms with van der Waals surface area (Å²) in [6.07, 6.45) is 3.07. The minimum atomic E-state index is 0.263. The molecule has 104 valence electrons. The van der Waals surface area contributed by atoms with Crippen LogP contribution in [0.15, 0.2) is 18.7 Å². The molecule has 0 aliphatic carbocycles. The molecule has 2 rings (SSSR count). The van der Waals surface area contributed by atoms with Crippen LogP contribution in [0.1, 0.15) is 17.9 Å². The summed E-state index contributed by atoms with van der Waals surface area (Å²) in [6.45, 7) is 8.53. The zero-order valence-corrected chi connectivity index (χ0v) is 11.6. The van der Waals surface area contributed by atoms with Crippen molar-refractivity contribution in [2.75, 3.05) is 31.7 Å². The summed E-state index contributed by atoms with van der Waals surface area (Å²) in [5, 5.41) is 0. The van der Waals surface area contributed by atoms with E-state index in [1.54, 1.807) is 13.2 Å². The minimum absolute atomic E-state index is 0.263. The van der Waals surface area contributed by atoms with E-state index in [2.05, 4.69) is 21.4 Å². The Morgan fingerprint density at radius 2 is 2.37 bits per heavy atom. The lowest BCUT2D eigenvalue weighted by Crippen LogP contribution is -2.24. The van der Waals surface area contributed by atoms with Crippen molar-refractivity contribution in [3.8, 4) is 0 Å². The molecule has 0 spiro atoms. The smallest absolute Gasteiger partial charge is 0.156 e. The van der Waals surface area contributed by atoms with E-state index < -0.39 is 0 Å². The van der Waals surface area contributed by atoms with Gasteiger partial charge in [0.1, 0.15) is 12.4 Å². The first-order valence-electron chi connectivity index (χ1n) is 6.54. The molecule has 0 amide bonds. The van der Waals surface area contributed by atoms with E-state index in [4.69, 9.17) is 9.47 Å². The number of ether oxygens (including phenoxy) is 2. The normalized spacial score (nSPS) is 18.8. The molecule has 1 aliphatic heterocycles. The van der Waals surface area contributed by atoms with E-state index in [0.717, 1.165) is 36.8 Å². The lowest BCUT2D eigenvalue weighted by Gasteiger charge is -2.18. The van der Waals surface area contributed by atoms with Crippen LogP contribution in [0.25, 0.3) is 0 Å². The zero-order chi connectivity index (χ0) is 13.7. The highest BCUT2D eigenvalue weighted by Crippen LogP contribution is 2.20. The Hall–Kier alpha value is -1.46. The molecule has 0 saturated carbocycles. The number of anilines is 1. The second kappa shape index (κ2) is 6.63. The fraction of sp³-hybridized carbons (Fsp3) is 0.571. The zero-order valence-electron chi connectivity index (χ0n) is 11.6. The van der Waals surface area contributed by atoms with Gasteiger partial charge in [0.25, 0.3) is 0 Å². The van der Waals surface area contributed by atoms with Gasteiger partial charge in [-0.1, -0.05) is 6.08 Å². The molecule has 0 radical (unpaired) electrons. The van der Waals surface area contributed by atoms with Gasteiger partial charge < -0.3 is 14.4 Å². The molecule has 0 aromatic carbocycles. The molecule has 1 aromatic heterocycles. The highest BCUT2D eigenvalue weighted by molar-refractivity contribution is 5.41. The first-order valence-corrected chi connectivity index (χ1v) is 6.54. The predicted octanol–water partition coefficient (Wildman–Crippen LogP) is 1.71. The van der Waals surface area contributed by atoms with E-state index in [1.807, 2.05) is 13.0 Å². The van der Waals surface area contributed by atoms with E-state index >= 15 is 0 Å². The summed E-state index contributed by atoms with van der Waals surface area (Å²) >= 11 is 0. The third-order valence-corrected chi connectivity index (χ3v) is 3.08. The molecule has 5 heteroatoms. The molecule has 1 atom stereocenters. The van der Waals surface area contributed by atoms with Crippen LogP contribution >= 0.6 is 0 Å². The molecule has 19 heavy (non-hydrogen) atoms. The maximum atomic E-state index is 5.68. The third kappa shape index (κ3) is 3.75.